The van der Waals surface area contributed by atoms with Crippen LogP contribution in [0.5, 0.6) is 0 Å². The van der Waals surface area contributed by atoms with Gasteiger partial charge in [-0.05, 0) is 41.3 Å². The summed E-state index contributed by atoms with van der Waals surface area (Å²) in [4.78, 5) is 1.06. The van der Waals surface area contributed by atoms with Crippen LogP contribution < -0.4 is 4.72 Å². The summed E-state index contributed by atoms with van der Waals surface area (Å²) in [6.07, 6.45) is 0.418. The number of hydrogen-bond acceptors (Lipinski definition) is 4. The van der Waals surface area contributed by atoms with Gasteiger partial charge in [0.2, 0.25) is 10.0 Å². The number of aryl methyl sites for hydroxylation is 1. The average Bonchev–Trinajstić information content (AvgIpc) is 2.57. The van der Waals surface area contributed by atoms with Gasteiger partial charge in [0.15, 0.2) is 0 Å². The molecule has 4 nitrogen and oxygen atoms in total. The Morgan fingerprint density at radius 2 is 2.11 bits per heavy atom. The zero-order valence-corrected chi connectivity index (χ0v) is 13.8. The van der Waals surface area contributed by atoms with Crippen molar-refractivity contribution in [3.8, 4) is 0 Å². The predicted molar refractivity (Wildman–Crippen MR) is 77.4 cm³/mol. The third-order valence-corrected chi connectivity index (χ3v) is 5.98. The Kier molecular flexibility index (Phi) is 5.79. The molecule has 1 unspecified atom stereocenters. The zero-order chi connectivity index (χ0) is 13.9. The standard InChI is InChI=1S/C11H18BrNO3S2/c1-7(2)9(4-5-14)13-18(15,16)10-6-11(12)17-8(10)3/h6-7,9,13-14H,4-5H2,1-3H3. The first-order valence-electron chi connectivity index (χ1n) is 5.67. The zero-order valence-electron chi connectivity index (χ0n) is 10.6. The number of hydrogen-bond donors (Lipinski definition) is 2. The summed E-state index contributed by atoms with van der Waals surface area (Å²) in [7, 11) is -3.52. The summed E-state index contributed by atoms with van der Waals surface area (Å²) >= 11 is 4.68. The van der Waals surface area contributed by atoms with E-state index >= 15 is 0 Å². The number of thiophene rings is 1. The van der Waals surface area contributed by atoms with Crippen molar-refractivity contribution in [2.24, 2.45) is 5.92 Å². The van der Waals surface area contributed by atoms with Gasteiger partial charge < -0.3 is 5.11 Å². The molecule has 104 valence electrons. The first-order chi connectivity index (χ1) is 8.27. The van der Waals surface area contributed by atoms with Crippen LogP contribution in [0, 0.1) is 12.8 Å². The molecule has 1 atom stereocenters. The summed E-state index contributed by atoms with van der Waals surface area (Å²) in [6, 6.07) is 1.36. The molecule has 0 aliphatic rings. The van der Waals surface area contributed by atoms with Crippen LogP contribution in [0.4, 0.5) is 0 Å². The smallest absolute Gasteiger partial charge is 0.241 e. The topological polar surface area (TPSA) is 66.4 Å². The lowest BCUT2D eigenvalue weighted by atomic mass is 10.0. The highest BCUT2D eigenvalue weighted by atomic mass is 79.9. The van der Waals surface area contributed by atoms with Crippen LogP contribution in [0.15, 0.2) is 14.7 Å². The van der Waals surface area contributed by atoms with Crippen LogP contribution in [0.1, 0.15) is 25.1 Å². The van der Waals surface area contributed by atoms with Crippen LogP contribution in [-0.2, 0) is 10.0 Å². The van der Waals surface area contributed by atoms with Crippen LogP contribution in [0.25, 0.3) is 0 Å². The van der Waals surface area contributed by atoms with E-state index in [9.17, 15) is 8.42 Å². The fraction of sp³-hybridized carbons (Fsp3) is 0.636. The summed E-state index contributed by atoms with van der Waals surface area (Å²) < 4.78 is 28.0. The highest BCUT2D eigenvalue weighted by molar-refractivity contribution is 9.11. The SMILES string of the molecule is Cc1sc(Br)cc1S(=O)(=O)NC(CCO)C(C)C. The second kappa shape index (κ2) is 6.47. The van der Waals surface area contributed by atoms with E-state index in [2.05, 4.69) is 20.7 Å². The molecule has 0 amide bonds. The summed E-state index contributed by atoms with van der Waals surface area (Å²) in [5.74, 6) is 0.134. The van der Waals surface area contributed by atoms with E-state index in [-0.39, 0.29) is 18.6 Å². The van der Waals surface area contributed by atoms with E-state index in [0.29, 0.717) is 11.3 Å². The quantitative estimate of drug-likeness (QED) is 0.823. The Bertz CT molecular complexity index is 496. The molecular weight excluding hydrogens is 338 g/mol. The van der Waals surface area contributed by atoms with Gasteiger partial charge in [0.1, 0.15) is 0 Å². The number of aliphatic hydroxyl groups excluding tert-OH is 1. The number of sulfonamides is 1. The van der Waals surface area contributed by atoms with E-state index in [1.807, 2.05) is 13.8 Å². The van der Waals surface area contributed by atoms with Crippen molar-refractivity contribution < 1.29 is 13.5 Å². The molecule has 0 aliphatic heterocycles. The maximum absolute atomic E-state index is 12.2. The Hall–Kier alpha value is 0.0500. The van der Waals surface area contributed by atoms with Crippen molar-refractivity contribution in [1.82, 2.24) is 4.72 Å². The molecule has 1 aromatic heterocycles. The molecule has 0 bridgehead atoms. The maximum Gasteiger partial charge on any atom is 0.241 e. The highest BCUT2D eigenvalue weighted by Crippen LogP contribution is 2.29. The molecule has 0 aromatic carbocycles. The minimum atomic E-state index is -3.52. The normalized spacial score (nSPS) is 14.1. The first-order valence-corrected chi connectivity index (χ1v) is 8.76. The molecular formula is C11H18BrNO3S2. The minimum Gasteiger partial charge on any atom is -0.396 e. The number of aliphatic hydroxyl groups is 1. The molecule has 0 saturated carbocycles. The monoisotopic (exact) mass is 355 g/mol. The predicted octanol–water partition coefficient (Wildman–Crippen LogP) is 2.50. The fourth-order valence-electron chi connectivity index (χ4n) is 1.63. The average molecular weight is 356 g/mol. The van der Waals surface area contributed by atoms with E-state index in [1.165, 1.54) is 11.3 Å². The van der Waals surface area contributed by atoms with E-state index in [4.69, 9.17) is 5.11 Å². The highest BCUT2D eigenvalue weighted by Gasteiger charge is 2.24. The Balaban J connectivity index is 2.97. The molecule has 1 aromatic rings. The van der Waals surface area contributed by atoms with Gasteiger partial charge in [0, 0.05) is 17.5 Å². The third-order valence-electron chi connectivity index (χ3n) is 2.68. The molecule has 0 spiro atoms. The van der Waals surface area contributed by atoms with Crippen LogP contribution in [-0.4, -0.2) is 26.2 Å². The van der Waals surface area contributed by atoms with Gasteiger partial charge in [-0.15, -0.1) is 11.3 Å². The lowest BCUT2D eigenvalue weighted by Gasteiger charge is -2.21. The molecule has 0 aliphatic carbocycles. The number of halogens is 1. The summed E-state index contributed by atoms with van der Waals surface area (Å²) in [5.41, 5.74) is 0. The van der Waals surface area contributed by atoms with E-state index in [0.717, 1.165) is 8.66 Å². The van der Waals surface area contributed by atoms with Crippen LogP contribution >= 0.6 is 27.3 Å². The van der Waals surface area contributed by atoms with Gasteiger partial charge >= 0.3 is 0 Å². The van der Waals surface area contributed by atoms with Crippen LogP contribution in [0.3, 0.4) is 0 Å². The molecule has 1 rings (SSSR count). The molecule has 2 N–H and O–H groups in total. The minimum absolute atomic E-state index is 0.0301. The molecule has 18 heavy (non-hydrogen) atoms. The van der Waals surface area contributed by atoms with Crippen molar-refractivity contribution in [2.75, 3.05) is 6.61 Å². The van der Waals surface area contributed by atoms with Crippen molar-refractivity contribution in [3.05, 3.63) is 14.7 Å². The van der Waals surface area contributed by atoms with Crippen molar-refractivity contribution in [3.63, 3.8) is 0 Å². The number of rotatable bonds is 6. The molecule has 0 fully saturated rings. The first kappa shape index (κ1) is 16.1. The molecule has 0 saturated heterocycles. The fourth-order valence-corrected chi connectivity index (χ4v) is 5.46. The molecule has 1 heterocycles. The lowest BCUT2D eigenvalue weighted by molar-refractivity contribution is 0.256. The second-order valence-electron chi connectivity index (χ2n) is 4.46. The number of nitrogens with one attached hydrogen (secondary N) is 1. The van der Waals surface area contributed by atoms with E-state index in [1.54, 1.807) is 13.0 Å². The Morgan fingerprint density at radius 3 is 2.50 bits per heavy atom. The Labute approximate surface area is 121 Å². The van der Waals surface area contributed by atoms with Crippen molar-refractivity contribution in [2.45, 2.75) is 38.1 Å². The van der Waals surface area contributed by atoms with Gasteiger partial charge in [-0.3, -0.25) is 0 Å². The van der Waals surface area contributed by atoms with Crippen LogP contribution in [0.2, 0.25) is 0 Å². The third kappa shape index (κ3) is 4.03. The Morgan fingerprint density at radius 1 is 1.50 bits per heavy atom. The summed E-state index contributed by atoms with van der Waals surface area (Å²) in [5, 5.41) is 8.97. The van der Waals surface area contributed by atoms with Gasteiger partial charge in [0.05, 0.1) is 8.68 Å². The van der Waals surface area contributed by atoms with Gasteiger partial charge in [-0.25, -0.2) is 13.1 Å². The van der Waals surface area contributed by atoms with E-state index < -0.39 is 10.0 Å². The summed E-state index contributed by atoms with van der Waals surface area (Å²) in [6.45, 7) is 5.61. The molecule has 0 radical (unpaired) electrons. The largest absolute Gasteiger partial charge is 0.396 e. The maximum atomic E-state index is 12.2. The lowest BCUT2D eigenvalue weighted by Crippen LogP contribution is -2.39. The van der Waals surface area contributed by atoms with Gasteiger partial charge in [0.25, 0.3) is 0 Å². The second-order valence-corrected chi connectivity index (χ2v) is 8.77. The van der Waals surface area contributed by atoms with Gasteiger partial charge in [-0.2, -0.15) is 0 Å². The molecule has 7 heteroatoms. The van der Waals surface area contributed by atoms with Gasteiger partial charge in [-0.1, -0.05) is 13.8 Å². The van der Waals surface area contributed by atoms with Crippen molar-refractivity contribution in [1.29, 1.82) is 0 Å². The van der Waals surface area contributed by atoms with Crippen molar-refractivity contribution >= 4 is 37.3 Å².